The van der Waals surface area contributed by atoms with Crippen LogP contribution in [-0.4, -0.2) is 22.2 Å². The molecule has 1 aromatic carbocycles. The maximum absolute atomic E-state index is 13.0. The second-order valence-electron chi connectivity index (χ2n) is 6.89. The molecule has 1 aliphatic rings. The van der Waals surface area contributed by atoms with E-state index in [0.717, 1.165) is 5.56 Å². The molecule has 1 fully saturated rings. The fourth-order valence-electron chi connectivity index (χ4n) is 3.07. The zero-order valence-corrected chi connectivity index (χ0v) is 17.2. The fraction of sp³-hybridized carbons (Fsp3) is 0.250. The second kappa shape index (κ2) is 7.81. The maximum atomic E-state index is 13.0. The standard InChI is InChI=1S/C20H20Cl2N4O2/c1-11(2)24-9-15-17(23)20(28)26(14-8-16(22)19(27)25(3)10-14)18(15)12-4-6-13(21)7-5-12/h4-11,18,23-24H,1-3H3/b15-9+,23-17?. The van der Waals surface area contributed by atoms with Gasteiger partial charge in [0, 0.05) is 36.1 Å². The lowest BCUT2D eigenvalue weighted by molar-refractivity contribution is -0.112. The Hall–Kier alpha value is -2.57. The number of carbonyl (C=O) groups is 1. The number of anilines is 1. The van der Waals surface area contributed by atoms with Gasteiger partial charge < -0.3 is 9.88 Å². The number of carbonyl (C=O) groups excluding carboxylic acids is 1. The number of hydrogen-bond acceptors (Lipinski definition) is 4. The van der Waals surface area contributed by atoms with Crippen molar-refractivity contribution in [1.29, 1.82) is 5.41 Å². The summed E-state index contributed by atoms with van der Waals surface area (Å²) in [6, 6.07) is 8.17. The van der Waals surface area contributed by atoms with Crippen LogP contribution in [0.25, 0.3) is 0 Å². The van der Waals surface area contributed by atoms with E-state index in [1.54, 1.807) is 31.6 Å². The Morgan fingerprint density at radius 3 is 2.39 bits per heavy atom. The molecule has 1 unspecified atom stereocenters. The number of amides is 1. The number of aromatic nitrogens is 1. The molecule has 0 saturated carbocycles. The number of aryl methyl sites for hydroxylation is 1. The van der Waals surface area contributed by atoms with E-state index in [2.05, 4.69) is 5.32 Å². The molecule has 146 valence electrons. The highest BCUT2D eigenvalue weighted by Crippen LogP contribution is 2.39. The number of nitrogens with one attached hydrogen (secondary N) is 2. The van der Waals surface area contributed by atoms with Crippen LogP contribution in [0.1, 0.15) is 25.5 Å². The molecule has 2 heterocycles. The zero-order valence-electron chi connectivity index (χ0n) is 15.7. The van der Waals surface area contributed by atoms with Gasteiger partial charge in [0.05, 0.1) is 11.7 Å². The summed E-state index contributed by atoms with van der Waals surface area (Å²) in [7, 11) is 1.57. The van der Waals surface area contributed by atoms with Crippen LogP contribution in [0.3, 0.4) is 0 Å². The highest BCUT2D eigenvalue weighted by atomic mass is 35.5. The summed E-state index contributed by atoms with van der Waals surface area (Å²) in [4.78, 5) is 26.4. The first-order valence-corrected chi connectivity index (χ1v) is 9.46. The lowest BCUT2D eigenvalue weighted by Crippen LogP contribution is -2.31. The lowest BCUT2D eigenvalue weighted by atomic mass is 9.99. The van der Waals surface area contributed by atoms with Crippen molar-refractivity contribution in [2.24, 2.45) is 7.05 Å². The molecule has 0 spiro atoms. The van der Waals surface area contributed by atoms with Crippen molar-refractivity contribution >= 4 is 40.5 Å². The molecule has 1 amide bonds. The van der Waals surface area contributed by atoms with Gasteiger partial charge in [-0.2, -0.15) is 0 Å². The number of benzene rings is 1. The van der Waals surface area contributed by atoms with Crippen LogP contribution >= 0.6 is 23.2 Å². The van der Waals surface area contributed by atoms with Gasteiger partial charge >= 0.3 is 0 Å². The molecule has 28 heavy (non-hydrogen) atoms. The van der Waals surface area contributed by atoms with E-state index < -0.39 is 11.9 Å². The smallest absolute Gasteiger partial charge is 0.277 e. The summed E-state index contributed by atoms with van der Waals surface area (Å²) in [5, 5.41) is 12.1. The quantitative estimate of drug-likeness (QED) is 0.794. The topological polar surface area (TPSA) is 78.2 Å². The van der Waals surface area contributed by atoms with Crippen molar-refractivity contribution in [3.05, 3.63) is 74.3 Å². The van der Waals surface area contributed by atoms with Gasteiger partial charge in [0.2, 0.25) is 0 Å². The fourth-order valence-corrected chi connectivity index (χ4v) is 3.44. The van der Waals surface area contributed by atoms with E-state index in [9.17, 15) is 9.59 Å². The Bertz CT molecular complexity index is 999. The summed E-state index contributed by atoms with van der Waals surface area (Å²) in [5.41, 5.74) is 1.30. The van der Waals surface area contributed by atoms with E-state index in [1.165, 1.54) is 15.5 Å². The molecule has 2 aromatic rings. The normalized spacial score (nSPS) is 18.4. The molecular formula is C20H20Cl2N4O2. The number of hydrogen-bond donors (Lipinski definition) is 2. The van der Waals surface area contributed by atoms with Crippen molar-refractivity contribution in [1.82, 2.24) is 9.88 Å². The number of halogens is 2. The van der Waals surface area contributed by atoms with Gasteiger partial charge in [-0.25, -0.2) is 0 Å². The summed E-state index contributed by atoms with van der Waals surface area (Å²) < 4.78 is 1.32. The average molecular weight is 419 g/mol. The first-order chi connectivity index (χ1) is 13.2. The molecule has 1 saturated heterocycles. The SMILES string of the molecule is CC(C)N/C=C1\C(=N)C(=O)N(c2cc(Cl)c(=O)n(C)c2)C1c1ccc(Cl)cc1. The van der Waals surface area contributed by atoms with Crippen molar-refractivity contribution in [3.63, 3.8) is 0 Å². The second-order valence-corrected chi connectivity index (χ2v) is 7.73. The third kappa shape index (κ3) is 3.70. The van der Waals surface area contributed by atoms with Crippen LogP contribution in [0, 0.1) is 5.41 Å². The predicted molar refractivity (Wildman–Crippen MR) is 112 cm³/mol. The van der Waals surface area contributed by atoms with Crippen LogP contribution in [0.4, 0.5) is 5.69 Å². The summed E-state index contributed by atoms with van der Waals surface area (Å²) in [5.74, 6) is -0.466. The molecule has 0 aliphatic carbocycles. The van der Waals surface area contributed by atoms with Crippen molar-refractivity contribution in [2.45, 2.75) is 25.9 Å². The Balaban J connectivity index is 2.19. The molecule has 3 rings (SSSR count). The molecule has 0 radical (unpaired) electrons. The van der Waals surface area contributed by atoms with Crippen molar-refractivity contribution in [2.75, 3.05) is 4.90 Å². The minimum Gasteiger partial charge on any atom is -0.388 e. The molecular weight excluding hydrogens is 399 g/mol. The van der Waals surface area contributed by atoms with E-state index >= 15 is 0 Å². The highest BCUT2D eigenvalue weighted by molar-refractivity contribution is 6.52. The van der Waals surface area contributed by atoms with E-state index in [4.69, 9.17) is 28.6 Å². The Kier molecular flexibility index (Phi) is 5.63. The number of pyridine rings is 1. The van der Waals surface area contributed by atoms with Gasteiger partial charge in [-0.3, -0.25) is 19.9 Å². The molecule has 1 atom stereocenters. The van der Waals surface area contributed by atoms with E-state index in [0.29, 0.717) is 16.3 Å². The van der Waals surface area contributed by atoms with Gasteiger partial charge in [0.25, 0.3) is 11.5 Å². The third-order valence-electron chi connectivity index (χ3n) is 4.44. The number of nitrogens with zero attached hydrogens (tertiary/aromatic N) is 2. The van der Waals surface area contributed by atoms with Crippen LogP contribution in [0.2, 0.25) is 10.0 Å². The first-order valence-electron chi connectivity index (χ1n) is 8.71. The maximum Gasteiger partial charge on any atom is 0.277 e. The summed E-state index contributed by atoms with van der Waals surface area (Å²) in [6.45, 7) is 3.94. The molecule has 0 bridgehead atoms. The van der Waals surface area contributed by atoms with Gasteiger partial charge in [-0.05, 0) is 37.6 Å². The Morgan fingerprint density at radius 2 is 1.82 bits per heavy atom. The van der Waals surface area contributed by atoms with Gasteiger partial charge in [0.1, 0.15) is 10.7 Å². The van der Waals surface area contributed by atoms with E-state index in [-0.39, 0.29) is 22.3 Å². The van der Waals surface area contributed by atoms with Crippen LogP contribution in [-0.2, 0) is 11.8 Å². The molecule has 2 N–H and O–H groups in total. The van der Waals surface area contributed by atoms with Gasteiger partial charge in [-0.1, -0.05) is 35.3 Å². The molecule has 1 aromatic heterocycles. The molecule has 8 heteroatoms. The first kappa shape index (κ1) is 20.2. The van der Waals surface area contributed by atoms with Crippen molar-refractivity contribution in [3.8, 4) is 0 Å². The summed E-state index contributed by atoms with van der Waals surface area (Å²) in [6.07, 6.45) is 3.24. The lowest BCUT2D eigenvalue weighted by Gasteiger charge is -2.26. The minimum absolute atomic E-state index is 0.00641. The monoisotopic (exact) mass is 418 g/mol. The van der Waals surface area contributed by atoms with Gasteiger partial charge in [-0.15, -0.1) is 0 Å². The van der Waals surface area contributed by atoms with E-state index in [1.807, 2.05) is 26.0 Å². The van der Waals surface area contributed by atoms with Crippen LogP contribution in [0.5, 0.6) is 0 Å². The third-order valence-corrected chi connectivity index (χ3v) is 4.96. The zero-order chi connectivity index (χ0) is 20.6. The van der Waals surface area contributed by atoms with Crippen LogP contribution in [0.15, 0.2) is 53.1 Å². The largest absolute Gasteiger partial charge is 0.388 e. The van der Waals surface area contributed by atoms with Crippen molar-refractivity contribution < 1.29 is 4.79 Å². The van der Waals surface area contributed by atoms with Crippen LogP contribution < -0.4 is 15.8 Å². The Labute approximate surface area is 172 Å². The van der Waals surface area contributed by atoms with Gasteiger partial charge in [0.15, 0.2) is 0 Å². The molecule has 1 aliphatic heterocycles. The molecule has 6 nitrogen and oxygen atoms in total. The minimum atomic E-state index is -0.544. The number of rotatable bonds is 4. The predicted octanol–water partition coefficient (Wildman–Crippen LogP) is 3.68. The Morgan fingerprint density at radius 1 is 1.18 bits per heavy atom. The average Bonchev–Trinajstić information content (AvgIpc) is 2.89. The highest BCUT2D eigenvalue weighted by Gasteiger charge is 2.42. The summed E-state index contributed by atoms with van der Waals surface area (Å²) >= 11 is 12.1.